The molecule has 0 atom stereocenters. The van der Waals surface area contributed by atoms with Gasteiger partial charge in [-0.3, -0.25) is 5.10 Å². The first-order valence-electron chi connectivity index (χ1n) is 8.18. The lowest BCUT2D eigenvalue weighted by molar-refractivity contribution is 0.271. The Morgan fingerprint density at radius 3 is 2.65 bits per heavy atom. The molecule has 0 aliphatic heterocycles. The van der Waals surface area contributed by atoms with Gasteiger partial charge in [0.25, 0.3) is 0 Å². The quantitative estimate of drug-likeness (QED) is 0.747. The average molecular weight is 316 g/mol. The number of aromatic amines is 1. The van der Waals surface area contributed by atoms with Crippen LogP contribution in [0.5, 0.6) is 5.75 Å². The Balaban J connectivity index is 2.03. The highest BCUT2D eigenvalue weighted by Gasteiger charge is 2.10. The van der Waals surface area contributed by atoms with Crippen molar-refractivity contribution in [3.05, 3.63) is 36.0 Å². The molecular weight excluding hydrogens is 288 g/mol. The molecule has 2 rings (SSSR count). The van der Waals surface area contributed by atoms with Crippen LogP contribution in [0.25, 0.3) is 11.3 Å². The summed E-state index contributed by atoms with van der Waals surface area (Å²) in [7, 11) is 4.09. The van der Waals surface area contributed by atoms with Gasteiger partial charge in [-0.25, -0.2) is 0 Å². The smallest absolute Gasteiger partial charge is 0.119 e. The second-order valence-electron chi connectivity index (χ2n) is 6.34. The van der Waals surface area contributed by atoms with E-state index in [0.717, 1.165) is 43.2 Å². The summed E-state index contributed by atoms with van der Waals surface area (Å²) in [5.41, 5.74) is 3.42. The molecule has 0 amide bonds. The summed E-state index contributed by atoms with van der Waals surface area (Å²) in [5.74, 6) is 1.44. The van der Waals surface area contributed by atoms with Crippen LogP contribution in [0, 0.1) is 5.92 Å². The molecule has 23 heavy (non-hydrogen) atoms. The van der Waals surface area contributed by atoms with Gasteiger partial charge >= 0.3 is 0 Å². The maximum Gasteiger partial charge on any atom is 0.119 e. The average Bonchev–Trinajstić information content (AvgIpc) is 2.99. The minimum atomic E-state index is 0.530. The SMILES string of the molecule is CNCCN(C)Cc1cn[nH]c1-c1ccc(OCC(C)C)cc1. The van der Waals surface area contributed by atoms with Gasteiger partial charge in [0, 0.05) is 30.8 Å². The number of benzene rings is 1. The molecule has 2 aromatic rings. The summed E-state index contributed by atoms with van der Waals surface area (Å²) in [6, 6.07) is 8.21. The molecule has 1 heterocycles. The van der Waals surface area contributed by atoms with Gasteiger partial charge in [0.1, 0.15) is 5.75 Å². The standard InChI is InChI=1S/C18H28N4O/c1-14(2)13-23-17-7-5-15(6-8-17)18-16(11-20-21-18)12-22(4)10-9-19-3/h5-8,11,14,19H,9-10,12-13H2,1-4H3,(H,20,21). The molecule has 5 nitrogen and oxygen atoms in total. The highest BCUT2D eigenvalue weighted by molar-refractivity contribution is 5.63. The summed E-state index contributed by atoms with van der Waals surface area (Å²) < 4.78 is 5.74. The van der Waals surface area contributed by atoms with Crippen molar-refractivity contribution in [1.82, 2.24) is 20.4 Å². The minimum Gasteiger partial charge on any atom is -0.493 e. The first kappa shape index (κ1) is 17.5. The van der Waals surface area contributed by atoms with Gasteiger partial charge in [-0.1, -0.05) is 13.8 Å². The van der Waals surface area contributed by atoms with Crippen molar-refractivity contribution in [2.45, 2.75) is 20.4 Å². The fourth-order valence-electron chi connectivity index (χ4n) is 2.33. The highest BCUT2D eigenvalue weighted by atomic mass is 16.5. The predicted octanol–water partition coefficient (Wildman–Crippen LogP) is 2.76. The van der Waals surface area contributed by atoms with E-state index in [1.54, 1.807) is 0 Å². The number of ether oxygens (including phenoxy) is 1. The Morgan fingerprint density at radius 1 is 1.26 bits per heavy atom. The second kappa shape index (κ2) is 8.70. The van der Waals surface area contributed by atoms with Crippen LogP contribution in [-0.2, 0) is 6.54 Å². The molecule has 0 saturated heterocycles. The monoisotopic (exact) mass is 316 g/mol. The molecule has 0 aliphatic rings. The Labute approximate surface area is 139 Å². The van der Waals surface area contributed by atoms with E-state index in [2.05, 4.69) is 53.4 Å². The number of aromatic nitrogens is 2. The van der Waals surface area contributed by atoms with Crippen molar-refractivity contribution in [2.75, 3.05) is 33.8 Å². The Morgan fingerprint density at radius 2 is 2.00 bits per heavy atom. The molecule has 0 fully saturated rings. The predicted molar refractivity (Wildman–Crippen MR) is 94.6 cm³/mol. The molecule has 126 valence electrons. The molecule has 5 heteroatoms. The van der Waals surface area contributed by atoms with Crippen molar-refractivity contribution in [2.24, 2.45) is 5.92 Å². The van der Waals surface area contributed by atoms with Crippen LogP contribution < -0.4 is 10.1 Å². The molecule has 1 aromatic carbocycles. The molecular formula is C18H28N4O. The van der Waals surface area contributed by atoms with Crippen LogP contribution in [0.2, 0.25) is 0 Å². The third-order valence-electron chi connectivity index (χ3n) is 3.63. The van der Waals surface area contributed by atoms with Gasteiger partial charge in [-0.2, -0.15) is 5.10 Å². The molecule has 1 aromatic heterocycles. The molecule has 0 unspecified atom stereocenters. The van der Waals surface area contributed by atoms with Crippen molar-refractivity contribution in [3.63, 3.8) is 0 Å². The lowest BCUT2D eigenvalue weighted by atomic mass is 10.1. The fourth-order valence-corrected chi connectivity index (χ4v) is 2.33. The van der Waals surface area contributed by atoms with Crippen molar-refractivity contribution in [3.8, 4) is 17.0 Å². The summed E-state index contributed by atoms with van der Waals surface area (Å²) in [4.78, 5) is 2.28. The summed E-state index contributed by atoms with van der Waals surface area (Å²) in [5, 5.41) is 10.5. The Hall–Kier alpha value is -1.85. The van der Waals surface area contributed by atoms with Gasteiger partial charge < -0.3 is 15.0 Å². The van der Waals surface area contributed by atoms with E-state index in [0.29, 0.717) is 5.92 Å². The maximum absolute atomic E-state index is 5.74. The molecule has 0 radical (unpaired) electrons. The van der Waals surface area contributed by atoms with E-state index in [-0.39, 0.29) is 0 Å². The fraction of sp³-hybridized carbons (Fsp3) is 0.500. The number of rotatable bonds is 9. The van der Waals surface area contributed by atoms with Crippen LogP contribution in [0.4, 0.5) is 0 Å². The van der Waals surface area contributed by atoms with Gasteiger partial charge in [0.15, 0.2) is 0 Å². The van der Waals surface area contributed by atoms with Crippen LogP contribution in [-0.4, -0.2) is 48.9 Å². The molecule has 0 saturated carbocycles. The van der Waals surface area contributed by atoms with Crippen molar-refractivity contribution < 1.29 is 4.74 Å². The van der Waals surface area contributed by atoms with E-state index in [4.69, 9.17) is 4.74 Å². The van der Waals surface area contributed by atoms with E-state index in [9.17, 15) is 0 Å². The van der Waals surface area contributed by atoms with E-state index < -0.39 is 0 Å². The van der Waals surface area contributed by atoms with Crippen molar-refractivity contribution >= 4 is 0 Å². The maximum atomic E-state index is 5.74. The lowest BCUT2D eigenvalue weighted by Gasteiger charge is -2.16. The van der Waals surface area contributed by atoms with Crippen LogP contribution in [0.15, 0.2) is 30.5 Å². The molecule has 2 N–H and O–H groups in total. The van der Waals surface area contributed by atoms with Gasteiger partial charge in [0.05, 0.1) is 18.5 Å². The highest BCUT2D eigenvalue weighted by Crippen LogP contribution is 2.24. The van der Waals surface area contributed by atoms with Gasteiger partial charge in [-0.05, 0) is 44.3 Å². The number of hydrogen-bond donors (Lipinski definition) is 2. The zero-order valence-corrected chi connectivity index (χ0v) is 14.6. The third-order valence-corrected chi connectivity index (χ3v) is 3.63. The number of nitrogens with one attached hydrogen (secondary N) is 2. The number of hydrogen-bond acceptors (Lipinski definition) is 4. The molecule has 0 spiro atoms. The number of H-pyrrole nitrogens is 1. The zero-order chi connectivity index (χ0) is 16.7. The van der Waals surface area contributed by atoms with Crippen LogP contribution in [0.1, 0.15) is 19.4 Å². The Bertz CT molecular complexity index is 577. The topological polar surface area (TPSA) is 53.2 Å². The first-order valence-corrected chi connectivity index (χ1v) is 8.18. The van der Waals surface area contributed by atoms with Crippen LogP contribution in [0.3, 0.4) is 0 Å². The van der Waals surface area contributed by atoms with Gasteiger partial charge in [-0.15, -0.1) is 0 Å². The normalized spacial score (nSPS) is 11.4. The zero-order valence-electron chi connectivity index (χ0n) is 14.6. The molecule has 0 bridgehead atoms. The van der Waals surface area contributed by atoms with E-state index in [1.165, 1.54) is 5.56 Å². The largest absolute Gasteiger partial charge is 0.493 e. The lowest BCUT2D eigenvalue weighted by Crippen LogP contribution is -2.26. The minimum absolute atomic E-state index is 0.530. The first-order chi connectivity index (χ1) is 11.1. The number of nitrogens with zero attached hydrogens (tertiary/aromatic N) is 2. The summed E-state index contributed by atoms with van der Waals surface area (Å²) in [6.45, 7) is 7.89. The Kier molecular flexibility index (Phi) is 6.62. The van der Waals surface area contributed by atoms with Crippen LogP contribution >= 0.6 is 0 Å². The van der Waals surface area contributed by atoms with Gasteiger partial charge in [0.2, 0.25) is 0 Å². The summed E-state index contributed by atoms with van der Waals surface area (Å²) in [6.07, 6.45) is 1.91. The summed E-state index contributed by atoms with van der Waals surface area (Å²) >= 11 is 0. The number of likely N-dealkylation sites (N-methyl/N-ethyl adjacent to an activating group) is 2. The van der Waals surface area contributed by atoms with E-state index in [1.807, 2.05) is 25.4 Å². The molecule has 0 aliphatic carbocycles. The third kappa shape index (κ3) is 5.37. The van der Waals surface area contributed by atoms with Crippen molar-refractivity contribution in [1.29, 1.82) is 0 Å². The second-order valence-corrected chi connectivity index (χ2v) is 6.34. The van der Waals surface area contributed by atoms with E-state index >= 15 is 0 Å².